The number of likely N-dealkylation sites (N-methyl/N-ethyl adjacent to an activating group) is 1. The molecule has 22 heavy (non-hydrogen) atoms. The second kappa shape index (κ2) is 9.24. The molecule has 0 radical (unpaired) electrons. The van der Waals surface area contributed by atoms with E-state index in [4.69, 9.17) is 19.7 Å². The first-order valence-electron chi connectivity index (χ1n) is 6.69. The highest BCUT2D eigenvalue weighted by atomic mass is 35.5. The van der Waals surface area contributed by atoms with Crippen LogP contribution in [0.25, 0.3) is 0 Å². The number of halogens is 1. The Hall–Kier alpha value is -1.83. The topological polar surface area (TPSA) is 86.6 Å². The highest BCUT2D eigenvalue weighted by Gasteiger charge is 2.08. The normalized spacial score (nSPS) is 10.4. The van der Waals surface area contributed by atoms with E-state index < -0.39 is 0 Å². The molecule has 0 aliphatic carbocycles. The average Bonchev–Trinajstić information content (AvgIpc) is 2.95. The zero-order valence-corrected chi connectivity index (χ0v) is 13.5. The lowest BCUT2D eigenvalue weighted by atomic mass is 10.3. The highest BCUT2D eigenvalue weighted by Crippen LogP contribution is 2.25. The van der Waals surface area contributed by atoms with Crippen molar-refractivity contribution in [2.45, 2.75) is 13.1 Å². The highest BCUT2D eigenvalue weighted by molar-refractivity contribution is 5.85. The first-order valence-corrected chi connectivity index (χ1v) is 6.69. The Bertz CT molecular complexity index is 565. The van der Waals surface area contributed by atoms with E-state index in [-0.39, 0.29) is 19.0 Å². The van der Waals surface area contributed by atoms with Gasteiger partial charge in [0.15, 0.2) is 17.3 Å². The first-order chi connectivity index (χ1) is 10.2. The molecule has 1 aromatic carbocycles. The molecule has 2 N–H and O–H groups in total. The molecule has 122 valence electrons. The van der Waals surface area contributed by atoms with Crippen molar-refractivity contribution in [1.82, 2.24) is 15.0 Å². The fourth-order valence-corrected chi connectivity index (χ4v) is 1.81. The molecule has 1 heterocycles. The zero-order chi connectivity index (χ0) is 15.1. The Labute approximate surface area is 135 Å². The maximum absolute atomic E-state index is 5.71. The van der Waals surface area contributed by atoms with Crippen molar-refractivity contribution in [3.63, 3.8) is 0 Å². The first kappa shape index (κ1) is 18.2. The Morgan fingerprint density at radius 3 is 2.64 bits per heavy atom. The van der Waals surface area contributed by atoms with E-state index in [1.165, 1.54) is 0 Å². The van der Waals surface area contributed by atoms with Crippen LogP contribution in [0.2, 0.25) is 0 Å². The molecule has 2 aromatic rings. The van der Waals surface area contributed by atoms with Gasteiger partial charge in [-0.3, -0.25) is 4.90 Å². The molecule has 0 spiro atoms. The van der Waals surface area contributed by atoms with Crippen LogP contribution in [0.15, 0.2) is 28.8 Å². The van der Waals surface area contributed by atoms with Crippen LogP contribution < -0.4 is 15.2 Å². The second-order valence-electron chi connectivity index (χ2n) is 4.55. The standard InChI is InChI=1S/C14H20N4O3.ClH/c1-18(10-13-16-14(9-15)21-17-13)7-8-20-12-6-4-3-5-11(12)19-2;/h3-6H,7-10,15H2,1-2H3;1H. The van der Waals surface area contributed by atoms with Crippen molar-refractivity contribution in [3.8, 4) is 11.5 Å². The van der Waals surface area contributed by atoms with E-state index >= 15 is 0 Å². The van der Waals surface area contributed by atoms with Crippen molar-refractivity contribution in [2.75, 3.05) is 27.3 Å². The van der Waals surface area contributed by atoms with Crippen LogP contribution in [0.1, 0.15) is 11.7 Å². The number of aromatic nitrogens is 2. The zero-order valence-electron chi connectivity index (χ0n) is 12.7. The molecule has 0 saturated heterocycles. The lowest BCUT2D eigenvalue weighted by molar-refractivity contribution is 0.221. The SMILES string of the molecule is COc1ccccc1OCCN(C)Cc1noc(CN)n1.Cl. The molecule has 0 aliphatic rings. The largest absolute Gasteiger partial charge is 0.493 e. The molecule has 0 unspecified atom stereocenters. The molecule has 0 saturated carbocycles. The van der Waals surface area contributed by atoms with Gasteiger partial charge in [-0.05, 0) is 19.2 Å². The summed E-state index contributed by atoms with van der Waals surface area (Å²) in [5.41, 5.74) is 5.42. The Morgan fingerprint density at radius 2 is 2.00 bits per heavy atom. The summed E-state index contributed by atoms with van der Waals surface area (Å²) in [4.78, 5) is 6.20. The predicted molar refractivity (Wildman–Crippen MR) is 84.3 cm³/mol. The summed E-state index contributed by atoms with van der Waals surface area (Å²) < 4.78 is 15.9. The second-order valence-corrected chi connectivity index (χ2v) is 4.55. The van der Waals surface area contributed by atoms with Crippen molar-refractivity contribution in [1.29, 1.82) is 0 Å². The fraction of sp³-hybridized carbons (Fsp3) is 0.429. The smallest absolute Gasteiger partial charge is 0.240 e. The van der Waals surface area contributed by atoms with Crippen molar-refractivity contribution in [2.24, 2.45) is 5.73 Å². The van der Waals surface area contributed by atoms with E-state index in [1.807, 2.05) is 36.2 Å². The minimum Gasteiger partial charge on any atom is -0.493 e. The van der Waals surface area contributed by atoms with Gasteiger partial charge < -0.3 is 19.7 Å². The van der Waals surface area contributed by atoms with Gasteiger partial charge in [0.25, 0.3) is 0 Å². The van der Waals surface area contributed by atoms with Crippen LogP contribution >= 0.6 is 12.4 Å². The van der Waals surface area contributed by atoms with E-state index in [0.717, 1.165) is 18.0 Å². The molecular formula is C14H21ClN4O3. The minimum atomic E-state index is 0. The average molecular weight is 329 g/mol. The Kier molecular flexibility index (Phi) is 7.65. The number of hydrogen-bond donors (Lipinski definition) is 1. The number of benzene rings is 1. The summed E-state index contributed by atoms with van der Waals surface area (Å²) in [5, 5.41) is 3.85. The van der Waals surface area contributed by atoms with E-state index in [2.05, 4.69) is 10.1 Å². The molecule has 7 nitrogen and oxygen atoms in total. The molecule has 0 atom stereocenters. The van der Waals surface area contributed by atoms with Gasteiger partial charge in [0.2, 0.25) is 5.89 Å². The number of rotatable bonds is 8. The van der Waals surface area contributed by atoms with Crippen LogP contribution in [0.3, 0.4) is 0 Å². The van der Waals surface area contributed by atoms with Crippen LogP contribution in [0, 0.1) is 0 Å². The van der Waals surface area contributed by atoms with Crippen LogP contribution in [-0.4, -0.2) is 42.3 Å². The summed E-state index contributed by atoms with van der Waals surface area (Å²) in [6, 6.07) is 7.57. The summed E-state index contributed by atoms with van der Waals surface area (Å²) in [6.07, 6.45) is 0. The minimum absolute atomic E-state index is 0. The number of hydrogen-bond acceptors (Lipinski definition) is 7. The predicted octanol–water partition coefficient (Wildman–Crippen LogP) is 1.47. The Morgan fingerprint density at radius 1 is 1.27 bits per heavy atom. The molecule has 8 heteroatoms. The summed E-state index contributed by atoms with van der Waals surface area (Å²) in [6.45, 7) is 2.11. The van der Waals surface area contributed by atoms with Gasteiger partial charge in [0.05, 0.1) is 20.2 Å². The van der Waals surface area contributed by atoms with Gasteiger partial charge in [0, 0.05) is 6.54 Å². The third-order valence-electron chi connectivity index (χ3n) is 2.90. The lowest BCUT2D eigenvalue weighted by Crippen LogP contribution is -2.24. The molecule has 0 bridgehead atoms. The maximum Gasteiger partial charge on any atom is 0.240 e. The number of nitrogens with zero attached hydrogens (tertiary/aromatic N) is 3. The summed E-state index contributed by atoms with van der Waals surface area (Å²) >= 11 is 0. The maximum atomic E-state index is 5.71. The van der Waals surface area contributed by atoms with E-state index in [1.54, 1.807) is 7.11 Å². The van der Waals surface area contributed by atoms with Gasteiger partial charge in [-0.2, -0.15) is 4.98 Å². The van der Waals surface area contributed by atoms with Crippen LogP contribution in [0.4, 0.5) is 0 Å². The fourth-order valence-electron chi connectivity index (χ4n) is 1.81. The third-order valence-corrected chi connectivity index (χ3v) is 2.90. The van der Waals surface area contributed by atoms with Gasteiger partial charge >= 0.3 is 0 Å². The third kappa shape index (κ3) is 5.18. The summed E-state index contributed by atoms with van der Waals surface area (Å²) in [5.74, 6) is 2.53. The Balaban J connectivity index is 0.00000242. The molecule has 0 amide bonds. The van der Waals surface area contributed by atoms with Crippen molar-refractivity contribution < 1.29 is 14.0 Å². The molecule has 0 fully saturated rings. The molecule has 1 aromatic heterocycles. The molecule has 0 aliphatic heterocycles. The van der Waals surface area contributed by atoms with Gasteiger partial charge in [-0.25, -0.2) is 0 Å². The van der Waals surface area contributed by atoms with E-state index in [9.17, 15) is 0 Å². The quantitative estimate of drug-likeness (QED) is 0.785. The molecule has 2 rings (SSSR count). The number of methoxy groups -OCH3 is 1. The number of ether oxygens (including phenoxy) is 2. The van der Waals surface area contributed by atoms with Crippen molar-refractivity contribution >= 4 is 12.4 Å². The number of para-hydroxylation sites is 2. The number of nitrogens with two attached hydrogens (primary N) is 1. The van der Waals surface area contributed by atoms with Gasteiger partial charge in [-0.1, -0.05) is 17.3 Å². The van der Waals surface area contributed by atoms with E-state index in [0.29, 0.717) is 24.9 Å². The van der Waals surface area contributed by atoms with Crippen LogP contribution in [-0.2, 0) is 13.1 Å². The monoisotopic (exact) mass is 328 g/mol. The lowest BCUT2D eigenvalue weighted by Gasteiger charge is -2.15. The molecular weight excluding hydrogens is 308 g/mol. The van der Waals surface area contributed by atoms with Crippen molar-refractivity contribution in [3.05, 3.63) is 36.0 Å². The summed E-state index contributed by atoms with van der Waals surface area (Å²) in [7, 11) is 3.59. The van der Waals surface area contributed by atoms with Crippen LogP contribution in [0.5, 0.6) is 11.5 Å². The van der Waals surface area contributed by atoms with Gasteiger partial charge in [0.1, 0.15) is 6.61 Å². The van der Waals surface area contributed by atoms with Gasteiger partial charge in [-0.15, -0.1) is 12.4 Å².